The van der Waals surface area contributed by atoms with Crippen LogP contribution in [0.1, 0.15) is 66.2 Å². The first kappa shape index (κ1) is 16.2. The summed E-state index contributed by atoms with van der Waals surface area (Å²) in [7, 11) is 0. The standard InChI is InChI=1S/C15H29Br/c1-13(2)7-5-8-14(3)9-6-10-15(4)11-12-16/h11,13-14H,5-10,12H2,1-4H3. The fraction of sp³-hybridized carbons (Fsp3) is 0.867. The SMILES string of the molecule is CC(=CCBr)CCCC(C)CCCC(C)C. The lowest BCUT2D eigenvalue weighted by Crippen LogP contribution is -1.97. The summed E-state index contributed by atoms with van der Waals surface area (Å²) in [4.78, 5) is 0. The van der Waals surface area contributed by atoms with Gasteiger partial charge in [-0.05, 0) is 31.6 Å². The van der Waals surface area contributed by atoms with E-state index in [0.29, 0.717) is 0 Å². The molecule has 0 saturated heterocycles. The maximum atomic E-state index is 3.44. The van der Waals surface area contributed by atoms with Crippen LogP contribution in [0.3, 0.4) is 0 Å². The molecule has 0 saturated carbocycles. The van der Waals surface area contributed by atoms with Gasteiger partial charge < -0.3 is 0 Å². The zero-order valence-electron chi connectivity index (χ0n) is 11.6. The molecule has 0 spiro atoms. The van der Waals surface area contributed by atoms with Gasteiger partial charge >= 0.3 is 0 Å². The largest absolute Gasteiger partial charge is 0.0883 e. The van der Waals surface area contributed by atoms with E-state index in [4.69, 9.17) is 0 Å². The number of hydrogen-bond acceptors (Lipinski definition) is 0. The van der Waals surface area contributed by atoms with E-state index >= 15 is 0 Å². The van der Waals surface area contributed by atoms with Gasteiger partial charge in [-0.1, -0.05) is 74.0 Å². The van der Waals surface area contributed by atoms with Gasteiger partial charge in [-0.2, -0.15) is 0 Å². The fourth-order valence-corrected chi connectivity index (χ4v) is 2.53. The van der Waals surface area contributed by atoms with Crippen molar-refractivity contribution in [1.82, 2.24) is 0 Å². The van der Waals surface area contributed by atoms with E-state index in [2.05, 4.69) is 49.7 Å². The van der Waals surface area contributed by atoms with Crippen molar-refractivity contribution in [2.45, 2.75) is 66.2 Å². The van der Waals surface area contributed by atoms with Gasteiger partial charge in [0.2, 0.25) is 0 Å². The average Bonchev–Trinajstić information content (AvgIpc) is 2.17. The number of alkyl halides is 1. The number of halogens is 1. The minimum absolute atomic E-state index is 0.872. The molecule has 0 aromatic rings. The Morgan fingerprint density at radius 3 is 2.25 bits per heavy atom. The van der Waals surface area contributed by atoms with E-state index in [1.165, 1.54) is 44.1 Å². The van der Waals surface area contributed by atoms with Crippen LogP contribution in [-0.4, -0.2) is 5.33 Å². The van der Waals surface area contributed by atoms with Crippen LogP contribution in [0.2, 0.25) is 0 Å². The molecule has 0 radical (unpaired) electrons. The molecule has 0 heterocycles. The van der Waals surface area contributed by atoms with E-state index < -0.39 is 0 Å². The van der Waals surface area contributed by atoms with Gasteiger partial charge in [0, 0.05) is 5.33 Å². The monoisotopic (exact) mass is 288 g/mol. The van der Waals surface area contributed by atoms with Crippen LogP contribution >= 0.6 is 15.9 Å². The molecule has 0 fully saturated rings. The number of allylic oxidation sites excluding steroid dienone is 2. The second kappa shape index (κ2) is 10.4. The maximum absolute atomic E-state index is 3.44. The lowest BCUT2D eigenvalue weighted by atomic mass is 9.94. The average molecular weight is 289 g/mol. The predicted octanol–water partition coefficient (Wildman–Crippen LogP) is 5.96. The topological polar surface area (TPSA) is 0 Å². The molecular formula is C15H29Br. The van der Waals surface area contributed by atoms with Crippen LogP contribution < -0.4 is 0 Å². The highest BCUT2D eigenvalue weighted by molar-refractivity contribution is 9.09. The molecule has 0 amide bonds. The highest BCUT2D eigenvalue weighted by atomic mass is 79.9. The summed E-state index contributed by atoms with van der Waals surface area (Å²) in [6.07, 6.45) is 10.5. The first-order chi connectivity index (χ1) is 7.56. The van der Waals surface area contributed by atoms with E-state index in [1.54, 1.807) is 0 Å². The molecular weight excluding hydrogens is 260 g/mol. The van der Waals surface area contributed by atoms with Crippen molar-refractivity contribution in [3.05, 3.63) is 11.6 Å². The second-order valence-electron chi connectivity index (χ2n) is 5.53. The Kier molecular flexibility index (Phi) is 10.5. The maximum Gasteiger partial charge on any atom is 0.0214 e. The molecule has 0 aromatic heterocycles. The third kappa shape index (κ3) is 10.7. The lowest BCUT2D eigenvalue weighted by molar-refractivity contribution is 0.427. The van der Waals surface area contributed by atoms with Crippen LogP contribution in [0.5, 0.6) is 0 Å². The van der Waals surface area contributed by atoms with Gasteiger partial charge in [0.15, 0.2) is 0 Å². The smallest absolute Gasteiger partial charge is 0.0214 e. The molecule has 16 heavy (non-hydrogen) atoms. The fourth-order valence-electron chi connectivity index (χ4n) is 1.98. The molecule has 0 N–H and O–H groups in total. The van der Waals surface area contributed by atoms with Crippen LogP contribution in [0.15, 0.2) is 11.6 Å². The molecule has 0 bridgehead atoms. The summed E-state index contributed by atoms with van der Waals surface area (Å²) in [5, 5.41) is 1.00. The Morgan fingerprint density at radius 2 is 1.69 bits per heavy atom. The third-order valence-electron chi connectivity index (χ3n) is 3.17. The van der Waals surface area contributed by atoms with E-state index in [-0.39, 0.29) is 0 Å². The minimum Gasteiger partial charge on any atom is -0.0883 e. The molecule has 1 unspecified atom stereocenters. The molecule has 0 nitrogen and oxygen atoms in total. The van der Waals surface area contributed by atoms with Gasteiger partial charge in [-0.15, -0.1) is 0 Å². The number of rotatable bonds is 9. The highest BCUT2D eigenvalue weighted by Crippen LogP contribution is 2.18. The van der Waals surface area contributed by atoms with Crippen molar-refractivity contribution in [2.24, 2.45) is 11.8 Å². The Bertz CT molecular complexity index is 182. The van der Waals surface area contributed by atoms with Crippen molar-refractivity contribution in [3.8, 4) is 0 Å². The Morgan fingerprint density at radius 1 is 1.06 bits per heavy atom. The summed E-state index contributed by atoms with van der Waals surface area (Å²) in [6, 6.07) is 0. The zero-order chi connectivity index (χ0) is 12.4. The van der Waals surface area contributed by atoms with Gasteiger partial charge in [0.25, 0.3) is 0 Å². The van der Waals surface area contributed by atoms with E-state index in [1.807, 2.05) is 0 Å². The molecule has 1 heteroatoms. The van der Waals surface area contributed by atoms with Crippen molar-refractivity contribution >= 4 is 15.9 Å². The molecule has 0 rings (SSSR count). The molecule has 96 valence electrons. The predicted molar refractivity (Wildman–Crippen MR) is 79.3 cm³/mol. The molecule has 0 aliphatic carbocycles. The Labute approximate surface area is 111 Å². The van der Waals surface area contributed by atoms with Gasteiger partial charge in [-0.25, -0.2) is 0 Å². The van der Waals surface area contributed by atoms with Crippen molar-refractivity contribution in [2.75, 3.05) is 5.33 Å². The minimum atomic E-state index is 0.872. The number of hydrogen-bond donors (Lipinski definition) is 0. The van der Waals surface area contributed by atoms with Crippen LogP contribution in [0, 0.1) is 11.8 Å². The summed E-state index contributed by atoms with van der Waals surface area (Å²) in [5.74, 6) is 1.78. The van der Waals surface area contributed by atoms with Crippen molar-refractivity contribution in [3.63, 3.8) is 0 Å². The normalized spacial score (nSPS) is 14.5. The van der Waals surface area contributed by atoms with Gasteiger partial charge in [0.1, 0.15) is 0 Å². The van der Waals surface area contributed by atoms with Crippen LogP contribution in [0.25, 0.3) is 0 Å². The van der Waals surface area contributed by atoms with Crippen molar-refractivity contribution < 1.29 is 0 Å². The summed E-state index contributed by atoms with van der Waals surface area (Å²) >= 11 is 3.44. The van der Waals surface area contributed by atoms with Crippen LogP contribution in [-0.2, 0) is 0 Å². The summed E-state index contributed by atoms with van der Waals surface area (Å²) in [6.45, 7) is 9.28. The zero-order valence-corrected chi connectivity index (χ0v) is 13.1. The van der Waals surface area contributed by atoms with Crippen LogP contribution in [0.4, 0.5) is 0 Å². The van der Waals surface area contributed by atoms with Crippen molar-refractivity contribution in [1.29, 1.82) is 0 Å². The Hall–Kier alpha value is 0.220. The van der Waals surface area contributed by atoms with Gasteiger partial charge in [0.05, 0.1) is 0 Å². The highest BCUT2D eigenvalue weighted by Gasteiger charge is 2.03. The van der Waals surface area contributed by atoms with Gasteiger partial charge in [-0.3, -0.25) is 0 Å². The van der Waals surface area contributed by atoms with E-state index in [9.17, 15) is 0 Å². The molecule has 1 atom stereocenters. The summed E-state index contributed by atoms with van der Waals surface area (Å²) < 4.78 is 0. The third-order valence-corrected chi connectivity index (χ3v) is 3.50. The lowest BCUT2D eigenvalue weighted by Gasteiger charge is -2.12. The van der Waals surface area contributed by atoms with E-state index in [0.717, 1.165) is 17.2 Å². The quantitative estimate of drug-likeness (QED) is 0.363. The molecule has 0 aliphatic heterocycles. The first-order valence-electron chi connectivity index (χ1n) is 6.77. The Balaban J connectivity index is 3.43. The molecule has 0 aliphatic rings. The second-order valence-corrected chi connectivity index (χ2v) is 6.17. The molecule has 0 aromatic carbocycles. The first-order valence-corrected chi connectivity index (χ1v) is 7.90. The summed E-state index contributed by atoms with van der Waals surface area (Å²) in [5.41, 5.74) is 1.53.